The fourth-order valence-corrected chi connectivity index (χ4v) is 3.60. The maximum atomic E-state index is 13.7. The van der Waals surface area contributed by atoms with Gasteiger partial charge in [-0.05, 0) is 41.8 Å². The summed E-state index contributed by atoms with van der Waals surface area (Å²) < 4.78 is 68.3. The predicted octanol–water partition coefficient (Wildman–Crippen LogP) is 4.85. The van der Waals surface area contributed by atoms with E-state index >= 15 is 0 Å². The standard InChI is InChI=1S/C23H16F5N5O/c1-2-22(34,23(26,27)28)21-12-33(32-31-21)11-13-3-4-14-8-18(20(10-29)30-19(14)5-13)15-6-16(24)9-17(25)7-15/h3-9,12,34H,2,11H2,1H3. The number of pyridine rings is 1. The monoisotopic (exact) mass is 473 g/mol. The van der Waals surface area contributed by atoms with Crippen LogP contribution in [0.3, 0.4) is 0 Å². The molecule has 0 saturated carbocycles. The molecule has 0 aliphatic rings. The molecular formula is C23H16F5N5O. The molecule has 6 nitrogen and oxygen atoms in total. The number of nitriles is 1. The number of halogens is 5. The molecule has 0 amide bonds. The lowest BCUT2D eigenvalue weighted by atomic mass is 9.96. The van der Waals surface area contributed by atoms with E-state index in [0.29, 0.717) is 16.5 Å². The zero-order chi connectivity index (χ0) is 24.7. The first-order valence-corrected chi connectivity index (χ1v) is 10.0. The summed E-state index contributed by atoms with van der Waals surface area (Å²) in [5, 5.41) is 27.3. The molecule has 174 valence electrons. The van der Waals surface area contributed by atoms with Crippen LogP contribution in [0, 0.1) is 23.0 Å². The quantitative estimate of drug-likeness (QED) is 0.419. The van der Waals surface area contributed by atoms with Crippen molar-refractivity contribution in [2.45, 2.75) is 31.7 Å². The Morgan fingerprint density at radius 2 is 1.76 bits per heavy atom. The minimum Gasteiger partial charge on any atom is -0.375 e. The summed E-state index contributed by atoms with van der Waals surface area (Å²) in [6.07, 6.45) is -4.51. The van der Waals surface area contributed by atoms with Crippen LogP contribution in [0.1, 0.15) is 30.3 Å². The summed E-state index contributed by atoms with van der Waals surface area (Å²) in [7, 11) is 0. The van der Waals surface area contributed by atoms with E-state index in [0.717, 1.165) is 29.1 Å². The maximum absolute atomic E-state index is 13.7. The van der Waals surface area contributed by atoms with Gasteiger partial charge in [0.1, 0.15) is 29.1 Å². The van der Waals surface area contributed by atoms with Gasteiger partial charge in [0.05, 0.1) is 18.3 Å². The Bertz CT molecular complexity index is 1410. The van der Waals surface area contributed by atoms with E-state index in [1.807, 2.05) is 6.07 Å². The van der Waals surface area contributed by atoms with E-state index in [4.69, 9.17) is 0 Å². The van der Waals surface area contributed by atoms with Gasteiger partial charge in [-0.1, -0.05) is 24.3 Å². The lowest BCUT2D eigenvalue weighted by Gasteiger charge is -2.26. The molecule has 2 aromatic heterocycles. The van der Waals surface area contributed by atoms with E-state index in [2.05, 4.69) is 15.3 Å². The minimum absolute atomic E-state index is 0.0288. The fourth-order valence-electron chi connectivity index (χ4n) is 3.60. The number of aliphatic hydroxyl groups is 1. The van der Waals surface area contributed by atoms with Crippen LogP contribution < -0.4 is 0 Å². The molecule has 0 aliphatic carbocycles. The van der Waals surface area contributed by atoms with Crippen molar-refractivity contribution in [2.24, 2.45) is 0 Å². The normalized spacial score (nSPS) is 13.6. The maximum Gasteiger partial charge on any atom is 0.423 e. The van der Waals surface area contributed by atoms with Crippen molar-refractivity contribution < 1.29 is 27.1 Å². The van der Waals surface area contributed by atoms with E-state index in [1.54, 1.807) is 24.3 Å². The third kappa shape index (κ3) is 4.20. The van der Waals surface area contributed by atoms with Crippen LogP contribution in [0.5, 0.6) is 0 Å². The molecule has 0 spiro atoms. The zero-order valence-corrected chi connectivity index (χ0v) is 17.6. The van der Waals surface area contributed by atoms with E-state index in [-0.39, 0.29) is 23.4 Å². The van der Waals surface area contributed by atoms with Crippen LogP contribution in [0.25, 0.3) is 22.0 Å². The van der Waals surface area contributed by atoms with Crippen molar-refractivity contribution in [3.63, 3.8) is 0 Å². The highest BCUT2D eigenvalue weighted by Gasteiger charge is 2.55. The molecule has 0 aliphatic heterocycles. The van der Waals surface area contributed by atoms with Gasteiger partial charge in [-0.15, -0.1) is 5.10 Å². The molecular weight excluding hydrogens is 457 g/mol. The van der Waals surface area contributed by atoms with Crippen LogP contribution in [0.4, 0.5) is 22.0 Å². The average molecular weight is 473 g/mol. The highest BCUT2D eigenvalue weighted by Crippen LogP contribution is 2.40. The second kappa shape index (κ2) is 8.46. The van der Waals surface area contributed by atoms with Crippen LogP contribution >= 0.6 is 0 Å². The Morgan fingerprint density at radius 3 is 2.38 bits per heavy atom. The van der Waals surface area contributed by atoms with Crippen LogP contribution in [0.2, 0.25) is 0 Å². The van der Waals surface area contributed by atoms with Crippen molar-refractivity contribution in [2.75, 3.05) is 0 Å². The lowest BCUT2D eigenvalue weighted by molar-refractivity contribution is -0.269. The molecule has 4 rings (SSSR count). The lowest BCUT2D eigenvalue weighted by Crippen LogP contribution is -2.42. The summed E-state index contributed by atoms with van der Waals surface area (Å²) in [6.45, 7) is 1.22. The third-order valence-electron chi connectivity index (χ3n) is 5.45. The van der Waals surface area contributed by atoms with Gasteiger partial charge < -0.3 is 5.11 Å². The number of nitrogens with zero attached hydrogens (tertiary/aromatic N) is 5. The SMILES string of the molecule is CCC(O)(c1cn(Cc2ccc3cc(-c4cc(F)cc(F)c4)c(C#N)nc3c2)nn1)C(F)(F)F. The zero-order valence-electron chi connectivity index (χ0n) is 17.6. The van der Waals surface area contributed by atoms with Crippen LogP contribution in [0.15, 0.2) is 48.7 Å². The minimum atomic E-state index is -4.91. The molecule has 11 heteroatoms. The Kier molecular flexibility index (Phi) is 5.79. The van der Waals surface area contributed by atoms with Crippen molar-refractivity contribution in [3.8, 4) is 17.2 Å². The Hall–Kier alpha value is -3.91. The third-order valence-corrected chi connectivity index (χ3v) is 5.45. The van der Waals surface area contributed by atoms with E-state index in [9.17, 15) is 32.3 Å². The predicted molar refractivity (Wildman–Crippen MR) is 111 cm³/mol. The molecule has 1 unspecified atom stereocenters. The van der Waals surface area contributed by atoms with Crippen LogP contribution in [-0.4, -0.2) is 31.3 Å². The molecule has 2 heterocycles. The Balaban J connectivity index is 1.68. The number of hydrogen-bond acceptors (Lipinski definition) is 5. The van der Waals surface area contributed by atoms with Crippen molar-refractivity contribution in [1.29, 1.82) is 5.26 Å². The van der Waals surface area contributed by atoms with Gasteiger partial charge in [-0.25, -0.2) is 18.4 Å². The first-order chi connectivity index (χ1) is 16.0. The second-order valence-corrected chi connectivity index (χ2v) is 7.69. The Morgan fingerprint density at radius 1 is 1.06 bits per heavy atom. The molecule has 0 bridgehead atoms. The summed E-state index contributed by atoms with van der Waals surface area (Å²) in [5.41, 5.74) is -2.35. The molecule has 4 aromatic rings. The summed E-state index contributed by atoms with van der Waals surface area (Å²) >= 11 is 0. The van der Waals surface area contributed by atoms with Gasteiger partial charge in [0.25, 0.3) is 0 Å². The molecule has 34 heavy (non-hydrogen) atoms. The topological polar surface area (TPSA) is 87.6 Å². The smallest absolute Gasteiger partial charge is 0.375 e. The first kappa shape index (κ1) is 23.3. The van der Waals surface area contributed by atoms with E-state index in [1.165, 1.54) is 6.92 Å². The number of aromatic nitrogens is 4. The average Bonchev–Trinajstić information content (AvgIpc) is 3.25. The largest absolute Gasteiger partial charge is 0.423 e. The van der Waals surface area contributed by atoms with Crippen molar-refractivity contribution in [3.05, 3.63) is 77.2 Å². The fraction of sp³-hybridized carbons (Fsp3) is 0.217. The number of fused-ring (bicyclic) bond motifs is 1. The van der Waals surface area contributed by atoms with Crippen LogP contribution in [-0.2, 0) is 12.1 Å². The summed E-state index contributed by atoms with van der Waals surface area (Å²) in [6, 6.07) is 11.4. The molecule has 0 radical (unpaired) electrons. The Labute approximate surface area is 189 Å². The van der Waals surface area contributed by atoms with Gasteiger partial charge in [0, 0.05) is 17.0 Å². The molecule has 0 fully saturated rings. The second-order valence-electron chi connectivity index (χ2n) is 7.69. The molecule has 1 N–H and O–H groups in total. The number of hydrogen-bond donors (Lipinski definition) is 1. The highest BCUT2D eigenvalue weighted by molar-refractivity contribution is 5.86. The van der Waals surface area contributed by atoms with Crippen molar-refractivity contribution in [1.82, 2.24) is 20.0 Å². The molecule has 1 atom stereocenters. The first-order valence-electron chi connectivity index (χ1n) is 10.0. The van der Waals surface area contributed by atoms with E-state index < -0.39 is 35.5 Å². The van der Waals surface area contributed by atoms with Gasteiger partial charge in [-0.2, -0.15) is 18.4 Å². The molecule has 0 saturated heterocycles. The van der Waals surface area contributed by atoms with Crippen molar-refractivity contribution >= 4 is 10.9 Å². The molecule has 2 aromatic carbocycles. The number of rotatable bonds is 5. The van der Waals surface area contributed by atoms with Gasteiger partial charge >= 0.3 is 6.18 Å². The van der Waals surface area contributed by atoms with Gasteiger partial charge in [0.15, 0.2) is 0 Å². The van der Waals surface area contributed by atoms with Gasteiger partial charge in [0.2, 0.25) is 5.60 Å². The number of alkyl halides is 3. The highest BCUT2D eigenvalue weighted by atomic mass is 19.4. The number of benzene rings is 2. The summed E-state index contributed by atoms with van der Waals surface area (Å²) in [4.78, 5) is 4.28. The van der Waals surface area contributed by atoms with Gasteiger partial charge in [-0.3, -0.25) is 0 Å². The summed E-state index contributed by atoms with van der Waals surface area (Å²) in [5.74, 6) is -1.58.